The lowest BCUT2D eigenvalue weighted by Gasteiger charge is -2.29. The van der Waals surface area contributed by atoms with E-state index in [1.807, 2.05) is 0 Å². The molecule has 0 spiro atoms. The average molecular weight is 424 g/mol. The summed E-state index contributed by atoms with van der Waals surface area (Å²) in [7, 11) is 0. The zero-order valence-corrected chi connectivity index (χ0v) is 19.6. The van der Waals surface area contributed by atoms with Gasteiger partial charge in [0.25, 0.3) is 0 Å². The Morgan fingerprint density at radius 2 is 1.11 bits per heavy atom. The van der Waals surface area contributed by atoms with Gasteiger partial charge in [0.1, 0.15) is 0 Å². The van der Waals surface area contributed by atoms with E-state index >= 15 is 0 Å². The second-order valence-electron chi connectivity index (χ2n) is 8.74. The highest BCUT2D eigenvalue weighted by Crippen LogP contribution is 2.22. The second-order valence-corrected chi connectivity index (χ2v) is 8.74. The quantitative estimate of drug-likeness (QED) is 0.209. The van der Waals surface area contributed by atoms with E-state index in [2.05, 4.69) is 13.8 Å². The molecule has 0 aliphatic carbocycles. The van der Waals surface area contributed by atoms with E-state index in [-0.39, 0.29) is 31.2 Å². The molecule has 0 saturated heterocycles. The van der Waals surface area contributed by atoms with Crippen LogP contribution in [-0.2, 0) is 4.74 Å². The molecule has 4 N–H and O–H groups in total. The Morgan fingerprint density at radius 1 is 0.679 bits per heavy atom. The zero-order chi connectivity index (χ0) is 20.2. The molecule has 0 aromatic rings. The van der Waals surface area contributed by atoms with Crippen LogP contribution < -0.4 is 5.73 Å². The third kappa shape index (κ3) is 20.9. The molecule has 0 bridgehead atoms. The minimum Gasteiger partial charge on any atom is -0.396 e. The van der Waals surface area contributed by atoms with Crippen LogP contribution in [0.2, 0.25) is 0 Å². The molecule has 0 rings (SSSR count). The first-order valence-electron chi connectivity index (χ1n) is 11.6. The molecular weight excluding hydrogens is 374 g/mol. The Kier molecular flexibility index (Phi) is 23.6. The smallest absolute Gasteiger partial charge is 0.0466 e. The van der Waals surface area contributed by atoms with Gasteiger partial charge in [-0.1, -0.05) is 65.2 Å². The van der Waals surface area contributed by atoms with Crippen molar-refractivity contribution in [2.45, 2.75) is 116 Å². The Balaban J connectivity index is 0. The number of hydrogen-bond acceptors (Lipinski definition) is 4. The number of hydrogen-bond donors (Lipinski definition) is 3. The van der Waals surface area contributed by atoms with Crippen molar-refractivity contribution >= 4 is 12.4 Å². The molecule has 0 saturated carbocycles. The number of halogens is 1. The predicted molar refractivity (Wildman–Crippen MR) is 123 cm³/mol. The molecule has 4 nitrogen and oxygen atoms in total. The van der Waals surface area contributed by atoms with Crippen LogP contribution in [0.4, 0.5) is 0 Å². The maximum atomic E-state index is 9.03. The number of ether oxygens (including phenoxy) is 1. The second kappa shape index (κ2) is 21.8. The first kappa shape index (κ1) is 30.3. The van der Waals surface area contributed by atoms with Crippen molar-refractivity contribution in [2.75, 3.05) is 26.4 Å². The van der Waals surface area contributed by atoms with Crippen LogP contribution in [0.25, 0.3) is 0 Å². The molecule has 0 amide bonds. The number of unbranched alkanes of at least 4 members (excludes halogenated alkanes) is 7. The molecular formula is C23H50ClNO3. The minimum absolute atomic E-state index is 0. The van der Waals surface area contributed by atoms with Crippen molar-refractivity contribution in [3.8, 4) is 0 Å². The van der Waals surface area contributed by atoms with Crippen LogP contribution in [0.1, 0.15) is 110 Å². The van der Waals surface area contributed by atoms with E-state index in [1.165, 1.54) is 51.4 Å². The molecule has 0 aromatic carbocycles. The normalized spacial score (nSPS) is 11.8. The lowest BCUT2D eigenvalue weighted by atomic mass is 9.85. The number of aliphatic hydroxyl groups is 2. The van der Waals surface area contributed by atoms with Gasteiger partial charge < -0.3 is 20.7 Å². The van der Waals surface area contributed by atoms with Gasteiger partial charge in [-0.05, 0) is 50.9 Å². The Hall–Kier alpha value is 0.130. The van der Waals surface area contributed by atoms with Crippen LogP contribution in [-0.4, -0.2) is 42.2 Å². The molecule has 0 fully saturated rings. The van der Waals surface area contributed by atoms with E-state index in [9.17, 15) is 0 Å². The van der Waals surface area contributed by atoms with Crippen molar-refractivity contribution in [1.29, 1.82) is 0 Å². The van der Waals surface area contributed by atoms with Gasteiger partial charge in [-0.15, -0.1) is 12.4 Å². The third-order valence-electron chi connectivity index (χ3n) is 5.45. The van der Waals surface area contributed by atoms with Gasteiger partial charge in [0, 0.05) is 32.0 Å². The molecule has 0 aliphatic heterocycles. The van der Waals surface area contributed by atoms with Crippen LogP contribution in [0.15, 0.2) is 0 Å². The fraction of sp³-hybridized carbons (Fsp3) is 1.00. The van der Waals surface area contributed by atoms with E-state index in [0.717, 1.165) is 64.1 Å². The van der Waals surface area contributed by atoms with Gasteiger partial charge in [-0.3, -0.25) is 0 Å². The topological polar surface area (TPSA) is 75.7 Å². The van der Waals surface area contributed by atoms with E-state index < -0.39 is 0 Å². The fourth-order valence-corrected chi connectivity index (χ4v) is 3.68. The van der Waals surface area contributed by atoms with E-state index in [0.29, 0.717) is 0 Å². The third-order valence-corrected chi connectivity index (χ3v) is 5.45. The molecule has 0 aliphatic rings. The van der Waals surface area contributed by atoms with E-state index in [4.69, 9.17) is 20.7 Å². The van der Waals surface area contributed by atoms with Crippen LogP contribution in [0.5, 0.6) is 0 Å². The lowest BCUT2D eigenvalue weighted by Crippen LogP contribution is -2.40. The SMILES string of the molecule is CC(C)CCCCCCCCCCOCCCC(N)(CCCO)CCCO.Cl. The van der Waals surface area contributed by atoms with Gasteiger partial charge in [0.15, 0.2) is 0 Å². The Bertz CT molecular complexity index is 296. The van der Waals surface area contributed by atoms with Crippen molar-refractivity contribution in [1.82, 2.24) is 0 Å². The molecule has 5 heteroatoms. The highest BCUT2D eigenvalue weighted by molar-refractivity contribution is 5.85. The van der Waals surface area contributed by atoms with Gasteiger partial charge >= 0.3 is 0 Å². The highest BCUT2D eigenvalue weighted by atomic mass is 35.5. The average Bonchev–Trinajstić information content (AvgIpc) is 2.65. The maximum absolute atomic E-state index is 9.03. The Labute approximate surface area is 181 Å². The first-order valence-corrected chi connectivity index (χ1v) is 11.6. The summed E-state index contributed by atoms with van der Waals surface area (Å²) in [4.78, 5) is 0. The van der Waals surface area contributed by atoms with Crippen molar-refractivity contribution in [2.24, 2.45) is 11.7 Å². The van der Waals surface area contributed by atoms with Crippen LogP contribution in [0.3, 0.4) is 0 Å². The zero-order valence-electron chi connectivity index (χ0n) is 18.8. The van der Waals surface area contributed by atoms with Gasteiger partial charge in [0.2, 0.25) is 0 Å². The monoisotopic (exact) mass is 423 g/mol. The molecule has 0 atom stereocenters. The summed E-state index contributed by atoms with van der Waals surface area (Å²) in [6.45, 7) is 6.62. The molecule has 28 heavy (non-hydrogen) atoms. The summed E-state index contributed by atoms with van der Waals surface area (Å²) in [6.07, 6.45) is 17.1. The summed E-state index contributed by atoms with van der Waals surface area (Å²) in [5, 5.41) is 18.1. The maximum Gasteiger partial charge on any atom is 0.0466 e. The van der Waals surface area contributed by atoms with E-state index in [1.54, 1.807) is 0 Å². The predicted octanol–water partition coefficient (Wildman–Crippen LogP) is 5.61. The largest absolute Gasteiger partial charge is 0.396 e. The summed E-state index contributed by atoms with van der Waals surface area (Å²) in [5.74, 6) is 0.854. The van der Waals surface area contributed by atoms with Crippen LogP contribution >= 0.6 is 12.4 Å². The molecule has 172 valence electrons. The standard InChI is InChI=1S/C23H49NO3.ClH/c1-22(2)14-9-7-5-3-4-6-8-10-20-27-21-13-17-23(24,15-11-18-25)16-12-19-26;/h22,25-26H,3-21,24H2,1-2H3;1H. The molecule has 0 aromatic heterocycles. The summed E-state index contributed by atoms with van der Waals surface area (Å²) in [5.41, 5.74) is 6.19. The van der Waals surface area contributed by atoms with Crippen molar-refractivity contribution in [3.05, 3.63) is 0 Å². The number of nitrogens with two attached hydrogens (primary N) is 1. The lowest BCUT2D eigenvalue weighted by molar-refractivity contribution is 0.117. The van der Waals surface area contributed by atoms with Crippen LogP contribution in [0, 0.1) is 5.92 Å². The fourth-order valence-electron chi connectivity index (χ4n) is 3.68. The molecule has 0 radical (unpaired) electrons. The summed E-state index contributed by atoms with van der Waals surface area (Å²) in [6, 6.07) is 0. The van der Waals surface area contributed by atoms with Crippen molar-refractivity contribution < 1.29 is 14.9 Å². The van der Waals surface area contributed by atoms with Gasteiger partial charge in [-0.2, -0.15) is 0 Å². The Morgan fingerprint density at radius 3 is 1.61 bits per heavy atom. The number of rotatable bonds is 21. The van der Waals surface area contributed by atoms with Gasteiger partial charge in [-0.25, -0.2) is 0 Å². The van der Waals surface area contributed by atoms with Gasteiger partial charge in [0.05, 0.1) is 0 Å². The summed E-state index contributed by atoms with van der Waals surface area (Å²) < 4.78 is 5.77. The highest BCUT2D eigenvalue weighted by Gasteiger charge is 2.23. The number of aliphatic hydroxyl groups excluding tert-OH is 2. The van der Waals surface area contributed by atoms with Crippen molar-refractivity contribution in [3.63, 3.8) is 0 Å². The summed E-state index contributed by atoms with van der Waals surface area (Å²) >= 11 is 0. The molecule has 0 unspecified atom stereocenters. The molecule has 0 heterocycles. The minimum atomic E-state index is -0.260. The first-order chi connectivity index (χ1) is 13.0.